The summed E-state index contributed by atoms with van der Waals surface area (Å²) in [6.07, 6.45) is 2.02. The van der Waals surface area contributed by atoms with Gasteiger partial charge in [-0.05, 0) is 33.6 Å². The molecule has 11 nitrogen and oxygen atoms in total. The molecule has 0 radical (unpaired) electrons. The fourth-order valence-corrected chi connectivity index (χ4v) is 5.50. The molecular weight excluding hydrogens is 399 g/mol. The smallest absolute Gasteiger partial charge is 0.330 e. The van der Waals surface area contributed by atoms with Gasteiger partial charge < -0.3 is 35.3 Å². The van der Waals surface area contributed by atoms with Gasteiger partial charge in [-0.3, -0.25) is 4.57 Å². The Labute approximate surface area is 168 Å². The van der Waals surface area contributed by atoms with Gasteiger partial charge in [0.1, 0.15) is 11.3 Å². The van der Waals surface area contributed by atoms with E-state index in [1.165, 1.54) is 6.33 Å². The summed E-state index contributed by atoms with van der Waals surface area (Å²) >= 11 is 0. The van der Waals surface area contributed by atoms with E-state index in [1.807, 2.05) is 0 Å². The lowest BCUT2D eigenvalue weighted by Crippen LogP contribution is -2.12. The molecule has 2 aromatic heterocycles. The van der Waals surface area contributed by atoms with Crippen LogP contribution >= 0.6 is 7.60 Å². The Morgan fingerprint density at radius 3 is 2.69 bits per heavy atom. The van der Waals surface area contributed by atoms with Crippen LogP contribution in [0.5, 0.6) is 0 Å². The molecule has 2 heterocycles. The molecule has 12 heteroatoms. The fraction of sp³-hybridized carbons (Fsp3) is 0.588. The third-order valence-corrected chi connectivity index (χ3v) is 6.92. The lowest BCUT2D eigenvalue weighted by molar-refractivity contribution is 0.171. The quantitative estimate of drug-likeness (QED) is 0.460. The van der Waals surface area contributed by atoms with E-state index < -0.39 is 19.6 Å². The predicted molar refractivity (Wildman–Crippen MR) is 109 cm³/mol. The number of anilines is 2. The predicted octanol–water partition coefficient (Wildman–Crippen LogP) is 2.92. The summed E-state index contributed by atoms with van der Waals surface area (Å²) in [5.74, 6) is -0.640. The molecule has 0 bridgehead atoms. The number of aliphatic hydroxyl groups excluding tert-OH is 2. The SMILES string of the molecule is CCOP(=O)(CC[C@H]1C[C@@H](n2cnc3c(N)nc(N)nc32)C(O)=C1O)OC(C)C. The van der Waals surface area contributed by atoms with E-state index in [-0.39, 0.29) is 42.2 Å². The van der Waals surface area contributed by atoms with Crippen LogP contribution in [0.15, 0.2) is 17.8 Å². The van der Waals surface area contributed by atoms with Crippen molar-refractivity contribution in [3.05, 3.63) is 17.8 Å². The van der Waals surface area contributed by atoms with Crippen molar-refractivity contribution in [2.75, 3.05) is 24.2 Å². The van der Waals surface area contributed by atoms with E-state index in [0.29, 0.717) is 24.0 Å². The zero-order valence-electron chi connectivity index (χ0n) is 16.6. The van der Waals surface area contributed by atoms with Crippen molar-refractivity contribution in [3.63, 3.8) is 0 Å². The minimum atomic E-state index is -3.29. The van der Waals surface area contributed by atoms with Gasteiger partial charge in [0.15, 0.2) is 17.2 Å². The Morgan fingerprint density at radius 1 is 1.31 bits per heavy atom. The Kier molecular flexibility index (Phi) is 6.02. The Balaban J connectivity index is 1.80. The number of rotatable bonds is 8. The molecule has 0 saturated heterocycles. The third kappa shape index (κ3) is 4.31. The summed E-state index contributed by atoms with van der Waals surface area (Å²) in [6, 6.07) is -0.601. The summed E-state index contributed by atoms with van der Waals surface area (Å²) in [5.41, 5.74) is 12.2. The summed E-state index contributed by atoms with van der Waals surface area (Å²) in [7, 11) is -3.29. The molecular formula is C17H27N6O5P. The van der Waals surface area contributed by atoms with Crippen LogP contribution in [0.3, 0.4) is 0 Å². The lowest BCUT2D eigenvalue weighted by atomic mass is 10.0. The topological polar surface area (TPSA) is 172 Å². The molecule has 0 aliphatic heterocycles. The van der Waals surface area contributed by atoms with Gasteiger partial charge in [0.2, 0.25) is 5.95 Å². The second-order valence-corrected chi connectivity index (χ2v) is 9.34. The normalized spacial score (nSPS) is 21.9. The van der Waals surface area contributed by atoms with Crippen molar-refractivity contribution in [2.24, 2.45) is 5.92 Å². The van der Waals surface area contributed by atoms with E-state index in [4.69, 9.17) is 20.5 Å². The van der Waals surface area contributed by atoms with E-state index in [0.717, 1.165) is 0 Å². The molecule has 1 aliphatic carbocycles. The first kappa shape index (κ1) is 21.4. The highest BCUT2D eigenvalue weighted by atomic mass is 31.2. The summed E-state index contributed by atoms with van der Waals surface area (Å²) in [4.78, 5) is 12.2. The molecule has 0 aromatic carbocycles. The number of allylic oxidation sites excluding steroid dienone is 2. The number of imidazole rings is 1. The molecule has 160 valence electrons. The first-order valence-corrected chi connectivity index (χ1v) is 11.2. The van der Waals surface area contributed by atoms with Crippen molar-refractivity contribution in [2.45, 2.75) is 45.8 Å². The monoisotopic (exact) mass is 426 g/mol. The van der Waals surface area contributed by atoms with Crippen LogP contribution < -0.4 is 11.5 Å². The van der Waals surface area contributed by atoms with Crippen molar-refractivity contribution < 1.29 is 23.8 Å². The van der Waals surface area contributed by atoms with E-state index >= 15 is 0 Å². The number of nitrogens with zero attached hydrogens (tertiary/aromatic N) is 4. The Hall–Kier alpha value is -2.36. The summed E-state index contributed by atoms with van der Waals surface area (Å²) in [6.45, 7) is 5.57. The first-order chi connectivity index (χ1) is 13.6. The van der Waals surface area contributed by atoms with Crippen molar-refractivity contribution in [1.29, 1.82) is 0 Å². The average Bonchev–Trinajstić information content (AvgIpc) is 3.15. The second kappa shape index (κ2) is 8.17. The molecule has 29 heavy (non-hydrogen) atoms. The Morgan fingerprint density at radius 2 is 2.03 bits per heavy atom. The standard InChI is InChI=1S/C17H27N6O5P/c1-4-27-29(26,28-9(2)3)6-5-10-7-11(14(25)13(10)24)23-8-20-12-15(18)21-17(19)22-16(12)23/h8-11,24-25H,4-7H2,1-3H3,(H4,18,19,21,22)/t10-,11+,29?/m0/s1. The molecule has 3 atom stereocenters. The first-order valence-electron chi connectivity index (χ1n) is 9.44. The van der Waals surface area contributed by atoms with Crippen LogP contribution in [-0.4, -0.2) is 48.6 Å². The molecule has 6 N–H and O–H groups in total. The van der Waals surface area contributed by atoms with Crippen LogP contribution in [0.2, 0.25) is 0 Å². The van der Waals surface area contributed by atoms with Gasteiger partial charge in [-0.1, -0.05) is 0 Å². The van der Waals surface area contributed by atoms with Crippen LogP contribution in [-0.2, 0) is 13.6 Å². The highest BCUT2D eigenvalue weighted by Crippen LogP contribution is 2.52. The van der Waals surface area contributed by atoms with E-state index in [2.05, 4.69) is 15.0 Å². The number of hydrogen-bond donors (Lipinski definition) is 4. The zero-order valence-corrected chi connectivity index (χ0v) is 17.5. The number of nitrogens with two attached hydrogens (primary N) is 2. The van der Waals surface area contributed by atoms with Crippen molar-refractivity contribution >= 4 is 30.5 Å². The van der Waals surface area contributed by atoms with Gasteiger partial charge >= 0.3 is 7.60 Å². The van der Waals surface area contributed by atoms with Crippen molar-refractivity contribution in [3.8, 4) is 0 Å². The maximum absolute atomic E-state index is 12.9. The number of nitrogen functional groups attached to an aromatic ring is 2. The van der Waals surface area contributed by atoms with Gasteiger partial charge in [0.05, 0.1) is 31.2 Å². The van der Waals surface area contributed by atoms with Crippen LogP contribution in [0, 0.1) is 5.92 Å². The molecule has 0 saturated carbocycles. The van der Waals surface area contributed by atoms with E-state index in [9.17, 15) is 14.8 Å². The minimum Gasteiger partial charge on any atom is -0.508 e. The molecule has 3 rings (SSSR count). The highest BCUT2D eigenvalue weighted by molar-refractivity contribution is 7.53. The maximum atomic E-state index is 12.9. The second-order valence-electron chi connectivity index (χ2n) is 7.21. The molecule has 2 aromatic rings. The number of fused-ring (bicyclic) bond motifs is 1. The summed E-state index contributed by atoms with van der Waals surface area (Å²) in [5, 5.41) is 21.0. The van der Waals surface area contributed by atoms with Crippen LogP contribution in [0.4, 0.5) is 11.8 Å². The van der Waals surface area contributed by atoms with E-state index in [1.54, 1.807) is 25.3 Å². The molecule has 0 fully saturated rings. The average molecular weight is 426 g/mol. The van der Waals surface area contributed by atoms with Crippen molar-refractivity contribution in [1.82, 2.24) is 19.5 Å². The third-order valence-electron chi connectivity index (χ3n) is 4.72. The maximum Gasteiger partial charge on any atom is 0.330 e. The zero-order chi connectivity index (χ0) is 21.3. The van der Waals surface area contributed by atoms with Gasteiger partial charge in [0.25, 0.3) is 0 Å². The largest absolute Gasteiger partial charge is 0.508 e. The van der Waals surface area contributed by atoms with Gasteiger partial charge in [0, 0.05) is 5.92 Å². The van der Waals surface area contributed by atoms with Crippen LogP contribution in [0.1, 0.15) is 39.7 Å². The lowest BCUT2D eigenvalue weighted by Gasteiger charge is -2.21. The molecule has 0 amide bonds. The molecule has 1 unspecified atom stereocenters. The molecule has 1 aliphatic rings. The molecule has 0 spiro atoms. The number of aliphatic hydroxyl groups is 2. The Bertz CT molecular complexity index is 975. The highest BCUT2D eigenvalue weighted by Gasteiger charge is 2.38. The summed E-state index contributed by atoms with van der Waals surface area (Å²) < 4.78 is 25.3. The van der Waals surface area contributed by atoms with Gasteiger partial charge in [-0.15, -0.1) is 0 Å². The minimum absolute atomic E-state index is 0.0116. The number of hydrogen-bond acceptors (Lipinski definition) is 10. The van der Waals surface area contributed by atoms with Gasteiger partial charge in [-0.2, -0.15) is 9.97 Å². The van der Waals surface area contributed by atoms with Crippen LogP contribution in [0.25, 0.3) is 11.2 Å². The van der Waals surface area contributed by atoms with Gasteiger partial charge in [-0.25, -0.2) is 4.98 Å². The fourth-order valence-electron chi connectivity index (χ4n) is 3.54. The number of aromatic nitrogens is 4.